The van der Waals surface area contributed by atoms with Gasteiger partial charge in [-0.25, -0.2) is 0 Å². The summed E-state index contributed by atoms with van der Waals surface area (Å²) < 4.78 is 0. The average Bonchev–Trinajstić information content (AvgIpc) is 3.21. The van der Waals surface area contributed by atoms with E-state index in [4.69, 9.17) is 23.2 Å². The number of fused-ring (bicyclic) bond motifs is 1. The zero-order chi connectivity index (χ0) is 20.5. The molecule has 2 N–H and O–H groups in total. The average molecular weight is 435 g/mol. The van der Waals surface area contributed by atoms with Crippen LogP contribution in [0.4, 0.5) is 0 Å². The first-order chi connectivity index (χ1) is 13.9. The molecule has 1 fully saturated rings. The van der Waals surface area contributed by atoms with E-state index in [9.17, 15) is 15.0 Å². The van der Waals surface area contributed by atoms with Crippen LogP contribution in [0.1, 0.15) is 35.6 Å². The number of hydrogen-bond donors (Lipinski definition) is 2. The molecule has 2 aromatic carbocycles. The highest BCUT2D eigenvalue weighted by atomic mass is 35.5. The highest BCUT2D eigenvalue weighted by Gasteiger charge is 2.34. The molecule has 1 amide bonds. The molecule has 2 aromatic rings. The van der Waals surface area contributed by atoms with E-state index in [0.717, 1.165) is 49.2 Å². The van der Waals surface area contributed by atoms with Crippen molar-refractivity contribution < 1.29 is 15.0 Å². The maximum atomic E-state index is 13.2. The van der Waals surface area contributed by atoms with Gasteiger partial charge in [-0.3, -0.25) is 4.79 Å². The van der Waals surface area contributed by atoms with E-state index in [1.165, 1.54) is 6.07 Å². The number of aromatic hydroxyl groups is 2. The van der Waals surface area contributed by atoms with Crippen LogP contribution in [0.5, 0.6) is 11.5 Å². The summed E-state index contributed by atoms with van der Waals surface area (Å²) in [5.74, 6) is -0.157. The fraction of sp³-hybridized carbons (Fsp3) is 0.409. The first-order valence-corrected chi connectivity index (χ1v) is 10.7. The van der Waals surface area contributed by atoms with Crippen molar-refractivity contribution in [2.45, 2.75) is 31.7 Å². The summed E-state index contributed by atoms with van der Waals surface area (Å²) in [5, 5.41) is 21.2. The van der Waals surface area contributed by atoms with Crippen LogP contribution in [-0.4, -0.2) is 52.1 Å². The Balaban J connectivity index is 1.62. The van der Waals surface area contributed by atoms with Crippen LogP contribution in [0.3, 0.4) is 0 Å². The molecule has 7 heteroatoms. The number of carbonyl (C=O) groups is 1. The van der Waals surface area contributed by atoms with Crippen LogP contribution >= 0.6 is 23.2 Å². The Bertz CT molecular complexity index is 929. The number of benzene rings is 2. The second-order valence-electron chi connectivity index (χ2n) is 7.79. The topological polar surface area (TPSA) is 64.0 Å². The lowest BCUT2D eigenvalue weighted by molar-refractivity contribution is -0.133. The highest BCUT2D eigenvalue weighted by Crippen LogP contribution is 2.40. The van der Waals surface area contributed by atoms with Crippen molar-refractivity contribution in [1.82, 2.24) is 9.80 Å². The van der Waals surface area contributed by atoms with Gasteiger partial charge in [0.15, 0.2) is 11.5 Å². The summed E-state index contributed by atoms with van der Waals surface area (Å²) in [6.07, 6.45) is 3.08. The molecule has 0 unspecified atom stereocenters. The Morgan fingerprint density at radius 1 is 1.03 bits per heavy atom. The molecule has 4 rings (SSSR count). The van der Waals surface area contributed by atoms with Crippen LogP contribution < -0.4 is 0 Å². The van der Waals surface area contributed by atoms with Gasteiger partial charge < -0.3 is 20.0 Å². The molecular weight excluding hydrogens is 411 g/mol. The van der Waals surface area contributed by atoms with E-state index in [-0.39, 0.29) is 29.9 Å². The first-order valence-electron chi connectivity index (χ1n) is 9.93. The summed E-state index contributed by atoms with van der Waals surface area (Å²) >= 11 is 12.1. The molecule has 5 nitrogen and oxygen atoms in total. The summed E-state index contributed by atoms with van der Waals surface area (Å²) in [4.78, 5) is 17.5. The van der Waals surface area contributed by atoms with Crippen LogP contribution in [0.15, 0.2) is 30.3 Å². The van der Waals surface area contributed by atoms with Gasteiger partial charge in [-0.1, -0.05) is 35.3 Å². The Hall–Kier alpha value is -1.95. The Labute approximate surface area is 180 Å². The van der Waals surface area contributed by atoms with Crippen molar-refractivity contribution >= 4 is 29.1 Å². The summed E-state index contributed by atoms with van der Waals surface area (Å²) in [7, 11) is 0. The SMILES string of the molecule is O=C(Cc1ccc(Cl)c(Cl)c1)N1CCc2c(ccc(O)c2O)[C@H]1CN1CCCC1. The predicted molar refractivity (Wildman–Crippen MR) is 114 cm³/mol. The lowest BCUT2D eigenvalue weighted by atomic mass is 9.90. The lowest BCUT2D eigenvalue weighted by Crippen LogP contribution is -2.45. The van der Waals surface area contributed by atoms with E-state index < -0.39 is 0 Å². The molecular formula is C22H24Cl2N2O3. The van der Waals surface area contributed by atoms with E-state index in [2.05, 4.69) is 4.90 Å². The molecule has 0 aromatic heterocycles. The monoisotopic (exact) mass is 434 g/mol. The molecule has 0 aliphatic carbocycles. The number of halogens is 2. The van der Waals surface area contributed by atoms with Gasteiger partial charge in [0.2, 0.25) is 5.91 Å². The summed E-state index contributed by atoms with van der Waals surface area (Å²) in [6.45, 7) is 3.27. The highest BCUT2D eigenvalue weighted by molar-refractivity contribution is 6.42. The molecule has 0 radical (unpaired) electrons. The molecule has 0 saturated carbocycles. The number of phenolic OH excluding ortho intramolecular Hbond substituents is 2. The van der Waals surface area contributed by atoms with Gasteiger partial charge in [0.25, 0.3) is 0 Å². The number of phenols is 2. The van der Waals surface area contributed by atoms with Gasteiger partial charge in [-0.05, 0) is 61.7 Å². The van der Waals surface area contributed by atoms with Crippen LogP contribution in [0.2, 0.25) is 10.0 Å². The number of nitrogens with zero attached hydrogens (tertiary/aromatic N) is 2. The minimum Gasteiger partial charge on any atom is -0.504 e. The van der Waals surface area contributed by atoms with Gasteiger partial charge in [0.1, 0.15) is 0 Å². The third-order valence-electron chi connectivity index (χ3n) is 5.93. The largest absolute Gasteiger partial charge is 0.504 e. The van der Waals surface area contributed by atoms with Gasteiger partial charge >= 0.3 is 0 Å². The minimum absolute atomic E-state index is 0.0193. The van der Waals surface area contributed by atoms with Crippen LogP contribution in [0.25, 0.3) is 0 Å². The zero-order valence-electron chi connectivity index (χ0n) is 16.1. The number of likely N-dealkylation sites (tertiary alicyclic amines) is 1. The zero-order valence-corrected chi connectivity index (χ0v) is 17.6. The molecule has 1 atom stereocenters. The normalized spacial score (nSPS) is 19.4. The maximum absolute atomic E-state index is 13.2. The maximum Gasteiger partial charge on any atom is 0.227 e. The fourth-order valence-electron chi connectivity index (χ4n) is 4.40. The molecule has 29 heavy (non-hydrogen) atoms. The Morgan fingerprint density at radius 3 is 2.52 bits per heavy atom. The molecule has 0 spiro atoms. The number of hydrogen-bond acceptors (Lipinski definition) is 4. The number of carbonyl (C=O) groups excluding carboxylic acids is 1. The lowest BCUT2D eigenvalue weighted by Gasteiger charge is -2.39. The van der Waals surface area contributed by atoms with Crippen molar-refractivity contribution in [2.75, 3.05) is 26.2 Å². The molecule has 2 aliphatic heterocycles. The second-order valence-corrected chi connectivity index (χ2v) is 8.60. The van der Waals surface area contributed by atoms with E-state index in [1.807, 2.05) is 17.0 Å². The molecule has 154 valence electrons. The van der Waals surface area contributed by atoms with Crippen molar-refractivity contribution in [3.8, 4) is 11.5 Å². The third kappa shape index (κ3) is 4.18. The van der Waals surface area contributed by atoms with Gasteiger partial charge in [0, 0.05) is 18.7 Å². The first kappa shape index (κ1) is 20.3. The minimum atomic E-state index is -0.154. The van der Waals surface area contributed by atoms with E-state index >= 15 is 0 Å². The standard InChI is InChI=1S/C22H24Cl2N2O3/c23-17-5-3-14(11-18(17)24)12-21(28)26-10-7-16-15(4-6-20(27)22(16)29)19(26)13-25-8-1-2-9-25/h3-6,11,19,27,29H,1-2,7-10,12-13H2/t19-/m1/s1. The molecule has 0 bridgehead atoms. The van der Waals surface area contributed by atoms with Crippen molar-refractivity contribution in [3.63, 3.8) is 0 Å². The van der Waals surface area contributed by atoms with E-state index in [1.54, 1.807) is 12.1 Å². The fourth-order valence-corrected chi connectivity index (χ4v) is 4.72. The predicted octanol–water partition coefficient (Wildman–Crippen LogP) is 4.17. The molecule has 2 aliphatic rings. The van der Waals surface area contributed by atoms with Gasteiger partial charge in [0.05, 0.1) is 22.5 Å². The van der Waals surface area contributed by atoms with Crippen molar-refractivity contribution in [2.24, 2.45) is 0 Å². The summed E-state index contributed by atoms with van der Waals surface area (Å²) in [6, 6.07) is 8.46. The van der Waals surface area contributed by atoms with Crippen molar-refractivity contribution in [3.05, 3.63) is 57.1 Å². The number of rotatable bonds is 4. The Morgan fingerprint density at radius 2 is 1.79 bits per heavy atom. The van der Waals surface area contributed by atoms with Gasteiger partial charge in [-0.15, -0.1) is 0 Å². The van der Waals surface area contributed by atoms with Crippen LogP contribution in [0, 0.1) is 0 Å². The van der Waals surface area contributed by atoms with E-state index in [0.29, 0.717) is 23.0 Å². The quantitative estimate of drug-likeness (QED) is 0.708. The van der Waals surface area contributed by atoms with Crippen molar-refractivity contribution in [1.29, 1.82) is 0 Å². The molecule has 2 heterocycles. The summed E-state index contributed by atoms with van der Waals surface area (Å²) in [5.41, 5.74) is 2.48. The Kier molecular flexibility index (Phi) is 5.91. The van der Waals surface area contributed by atoms with Crippen LogP contribution in [-0.2, 0) is 17.6 Å². The third-order valence-corrected chi connectivity index (χ3v) is 6.66. The number of amides is 1. The molecule has 1 saturated heterocycles. The van der Waals surface area contributed by atoms with Gasteiger partial charge in [-0.2, -0.15) is 0 Å². The smallest absolute Gasteiger partial charge is 0.227 e. The second kappa shape index (κ2) is 8.42.